The zero-order valence-corrected chi connectivity index (χ0v) is 16.8. The number of sulfonamides is 1. The highest BCUT2D eigenvalue weighted by molar-refractivity contribution is 7.90. The van der Waals surface area contributed by atoms with Crippen LogP contribution in [-0.2, 0) is 14.8 Å². The van der Waals surface area contributed by atoms with Crippen molar-refractivity contribution in [3.8, 4) is 0 Å². The predicted octanol–water partition coefficient (Wildman–Crippen LogP) is 3.27. The summed E-state index contributed by atoms with van der Waals surface area (Å²) in [5, 5.41) is 4.47. The molecular weight excluding hydrogens is 378 g/mol. The van der Waals surface area contributed by atoms with Gasteiger partial charge in [-0.2, -0.15) is 0 Å². The van der Waals surface area contributed by atoms with Crippen molar-refractivity contribution in [2.24, 2.45) is 0 Å². The Hall–Kier alpha value is -1.80. The molecule has 1 unspecified atom stereocenters. The van der Waals surface area contributed by atoms with E-state index in [1.54, 1.807) is 12.1 Å². The Kier molecular flexibility index (Phi) is 6.18. The van der Waals surface area contributed by atoms with E-state index in [2.05, 4.69) is 10.6 Å². The van der Waals surface area contributed by atoms with Crippen molar-refractivity contribution in [3.05, 3.63) is 28.3 Å². The fourth-order valence-corrected chi connectivity index (χ4v) is 4.26. The number of hydrogen-bond donors (Lipinski definition) is 3. The van der Waals surface area contributed by atoms with Crippen LogP contribution in [0.1, 0.15) is 63.5 Å². The van der Waals surface area contributed by atoms with Crippen LogP contribution < -0.4 is 15.4 Å². The van der Waals surface area contributed by atoms with Crippen LogP contribution >= 0.6 is 11.6 Å². The second-order valence-corrected chi connectivity index (χ2v) is 9.26. The highest BCUT2D eigenvalue weighted by atomic mass is 35.5. The lowest BCUT2D eigenvalue weighted by atomic mass is 9.92. The highest BCUT2D eigenvalue weighted by Gasteiger charge is 2.34. The molecule has 0 aromatic heterocycles. The second kappa shape index (κ2) is 7.84. The SMILES string of the molecule is CC(C)c1cc(Cl)cc(C(C)C)c1NC(=O)NS(=O)(=O)C1CCC(=O)N1. The lowest BCUT2D eigenvalue weighted by Gasteiger charge is -2.21. The van der Waals surface area contributed by atoms with Crippen LogP contribution in [0.5, 0.6) is 0 Å². The average molecular weight is 402 g/mol. The number of anilines is 1. The van der Waals surface area contributed by atoms with Gasteiger partial charge in [0.25, 0.3) is 10.0 Å². The molecule has 1 heterocycles. The summed E-state index contributed by atoms with van der Waals surface area (Å²) in [6.45, 7) is 7.85. The smallest absolute Gasteiger partial charge is 0.332 e. The van der Waals surface area contributed by atoms with Crippen molar-refractivity contribution in [2.75, 3.05) is 5.32 Å². The third-order valence-corrected chi connectivity index (χ3v) is 6.00. The zero-order chi connectivity index (χ0) is 19.6. The molecule has 0 radical (unpaired) electrons. The van der Waals surface area contributed by atoms with E-state index >= 15 is 0 Å². The first kappa shape index (κ1) is 20.5. The standard InChI is InChI=1S/C17H24ClN3O4S/c1-9(2)12-7-11(18)8-13(10(3)4)16(12)20-17(23)21-26(24,25)15-6-5-14(22)19-15/h7-10,15H,5-6H2,1-4H3,(H,19,22)(H2,20,21,23). The van der Waals surface area contributed by atoms with Gasteiger partial charge in [-0.1, -0.05) is 39.3 Å². The van der Waals surface area contributed by atoms with Crippen molar-refractivity contribution in [3.63, 3.8) is 0 Å². The molecule has 0 bridgehead atoms. The van der Waals surface area contributed by atoms with Gasteiger partial charge in [0, 0.05) is 17.1 Å². The molecule has 1 atom stereocenters. The Labute approximate surface area is 158 Å². The topological polar surface area (TPSA) is 104 Å². The number of hydrogen-bond acceptors (Lipinski definition) is 4. The number of benzene rings is 1. The van der Waals surface area contributed by atoms with Gasteiger partial charge in [-0.25, -0.2) is 17.9 Å². The number of carbonyl (C=O) groups is 2. The summed E-state index contributed by atoms with van der Waals surface area (Å²) in [6, 6.07) is 2.66. The largest absolute Gasteiger partial charge is 0.338 e. The number of halogens is 1. The summed E-state index contributed by atoms with van der Waals surface area (Å²) >= 11 is 6.19. The summed E-state index contributed by atoms with van der Waals surface area (Å²) in [6.07, 6.45) is 0.260. The normalized spacial score (nSPS) is 17.5. The third-order valence-electron chi connectivity index (χ3n) is 4.21. The number of carbonyl (C=O) groups excluding carboxylic acids is 2. The first-order valence-electron chi connectivity index (χ1n) is 8.46. The van der Waals surface area contributed by atoms with Gasteiger partial charge in [0.1, 0.15) is 0 Å². The maximum Gasteiger partial charge on any atom is 0.332 e. The van der Waals surface area contributed by atoms with Gasteiger partial charge < -0.3 is 10.6 Å². The van der Waals surface area contributed by atoms with Crippen molar-refractivity contribution in [1.82, 2.24) is 10.0 Å². The quantitative estimate of drug-likeness (QED) is 0.704. The number of amides is 3. The fourth-order valence-electron chi connectivity index (χ4n) is 2.86. The Bertz CT molecular complexity index is 792. The maximum absolute atomic E-state index is 12.4. The summed E-state index contributed by atoms with van der Waals surface area (Å²) in [5.74, 6) is -0.192. The second-order valence-electron chi connectivity index (χ2n) is 6.96. The van der Waals surface area contributed by atoms with E-state index in [4.69, 9.17) is 11.6 Å². The van der Waals surface area contributed by atoms with E-state index in [9.17, 15) is 18.0 Å². The maximum atomic E-state index is 12.4. The van der Waals surface area contributed by atoms with Crippen LogP contribution in [0.15, 0.2) is 12.1 Å². The van der Waals surface area contributed by atoms with E-state index < -0.39 is 21.4 Å². The molecule has 0 spiro atoms. The predicted molar refractivity (Wildman–Crippen MR) is 102 cm³/mol. The lowest BCUT2D eigenvalue weighted by Crippen LogP contribution is -2.45. The van der Waals surface area contributed by atoms with Crippen molar-refractivity contribution < 1.29 is 18.0 Å². The van der Waals surface area contributed by atoms with Crippen LogP contribution in [-0.4, -0.2) is 25.7 Å². The van der Waals surface area contributed by atoms with E-state index in [1.165, 1.54) is 0 Å². The monoisotopic (exact) mass is 401 g/mol. The highest BCUT2D eigenvalue weighted by Crippen LogP contribution is 2.35. The molecule has 3 amide bonds. The summed E-state index contributed by atoms with van der Waals surface area (Å²) in [4.78, 5) is 23.6. The van der Waals surface area contributed by atoms with Gasteiger partial charge in [0.2, 0.25) is 5.91 Å². The molecule has 1 saturated heterocycles. The van der Waals surface area contributed by atoms with E-state index in [-0.39, 0.29) is 30.6 Å². The molecule has 1 fully saturated rings. The number of urea groups is 1. The van der Waals surface area contributed by atoms with Crippen LogP contribution in [0.25, 0.3) is 0 Å². The van der Waals surface area contributed by atoms with Crippen LogP contribution in [0.2, 0.25) is 5.02 Å². The van der Waals surface area contributed by atoms with Gasteiger partial charge in [-0.05, 0) is 41.5 Å². The van der Waals surface area contributed by atoms with Crippen molar-refractivity contribution in [2.45, 2.75) is 57.7 Å². The molecule has 0 aliphatic carbocycles. The van der Waals surface area contributed by atoms with E-state index in [1.807, 2.05) is 32.4 Å². The molecule has 2 rings (SSSR count). The molecule has 3 N–H and O–H groups in total. The molecular formula is C17H24ClN3O4S. The minimum absolute atomic E-state index is 0.0761. The Morgan fingerprint density at radius 1 is 1.19 bits per heavy atom. The van der Waals surface area contributed by atoms with E-state index in [0.29, 0.717) is 10.7 Å². The molecule has 0 saturated carbocycles. The Morgan fingerprint density at radius 2 is 1.73 bits per heavy atom. The number of nitrogens with one attached hydrogen (secondary N) is 3. The molecule has 144 valence electrons. The Morgan fingerprint density at radius 3 is 2.15 bits per heavy atom. The fraction of sp³-hybridized carbons (Fsp3) is 0.529. The number of rotatable bonds is 5. The molecule has 9 heteroatoms. The van der Waals surface area contributed by atoms with Crippen molar-refractivity contribution >= 4 is 39.2 Å². The average Bonchev–Trinajstić information content (AvgIpc) is 2.95. The minimum Gasteiger partial charge on any atom is -0.338 e. The molecule has 1 aliphatic heterocycles. The zero-order valence-electron chi connectivity index (χ0n) is 15.2. The summed E-state index contributed by atoms with van der Waals surface area (Å²) < 4.78 is 26.5. The molecule has 26 heavy (non-hydrogen) atoms. The third kappa shape index (κ3) is 4.67. The Balaban J connectivity index is 2.27. The minimum atomic E-state index is -4.01. The summed E-state index contributed by atoms with van der Waals surface area (Å²) in [5.41, 5.74) is 2.20. The van der Waals surface area contributed by atoms with E-state index in [0.717, 1.165) is 11.1 Å². The van der Waals surface area contributed by atoms with Crippen molar-refractivity contribution in [1.29, 1.82) is 0 Å². The first-order chi connectivity index (χ1) is 12.0. The van der Waals surface area contributed by atoms with Crippen LogP contribution in [0, 0.1) is 0 Å². The van der Waals surface area contributed by atoms with Crippen LogP contribution in [0.4, 0.5) is 10.5 Å². The molecule has 1 aliphatic rings. The molecule has 1 aromatic rings. The summed E-state index contributed by atoms with van der Waals surface area (Å²) in [7, 11) is -4.01. The van der Waals surface area contributed by atoms with Gasteiger partial charge in [0.05, 0.1) is 0 Å². The first-order valence-corrected chi connectivity index (χ1v) is 10.4. The van der Waals surface area contributed by atoms with Gasteiger partial charge in [0.15, 0.2) is 5.37 Å². The van der Waals surface area contributed by atoms with Gasteiger partial charge >= 0.3 is 6.03 Å². The lowest BCUT2D eigenvalue weighted by molar-refractivity contribution is -0.119. The van der Waals surface area contributed by atoms with Gasteiger partial charge in [-0.15, -0.1) is 0 Å². The molecule has 7 nitrogen and oxygen atoms in total. The van der Waals surface area contributed by atoms with Gasteiger partial charge in [-0.3, -0.25) is 4.79 Å². The molecule has 1 aromatic carbocycles. The van der Waals surface area contributed by atoms with Crippen LogP contribution in [0.3, 0.4) is 0 Å².